The Labute approximate surface area is 117 Å². The summed E-state index contributed by atoms with van der Waals surface area (Å²) in [7, 11) is 0. The van der Waals surface area contributed by atoms with Crippen molar-refractivity contribution >= 4 is 28.7 Å². The van der Waals surface area contributed by atoms with Gasteiger partial charge in [0.05, 0.1) is 22.7 Å². The quantitative estimate of drug-likeness (QED) is 0.731. The molecule has 0 saturated carbocycles. The van der Waals surface area contributed by atoms with Gasteiger partial charge in [0.1, 0.15) is 5.02 Å². The van der Waals surface area contributed by atoms with Crippen molar-refractivity contribution in [3.8, 4) is 0 Å². The van der Waals surface area contributed by atoms with E-state index in [0.717, 1.165) is 12.8 Å². The minimum Gasteiger partial charge on any atom is -0.397 e. The highest BCUT2D eigenvalue weighted by Crippen LogP contribution is 2.35. The van der Waals surface area contributed by atoms with Crippen LogP contribution in [0.2, 0.25) is 5.02 Å². The van der Waals surface area contributed by atoms with Gasteiger partial charge in [0, 0.05) is 12.6 Å². The third-order valence-corrected chi connectivity index (χ3v) is 3.70. The molecule has 1 fully saturated rings. The van der Waals surface area contributed by atoms with Gasteiger partial charge < -0.3 is 21.5 Å². The van der Waals surface area contributed by atoms with E-state index in [2.05, 4.69) is 5.32 Å². The largest absolute Gasteiger partial charge is 0.397 e. The van der Waals surface area contributed by atoms with Gasteiger partial charge in [0.15, 0.2) is 5.82 Å². The number of nitrogen functional groups attached to an aromatic ring is 2. The van der Waals surface area contributed by atoms with Crippen molar-refractivity contribution in [2.45, 2.75) is 38.3 Å². The van der Waals surface area contributed by atoms with Crippen molar-refractivity contribution in [2.75, 3.05) is 23.4 Å². The third-order valence-electron chi connectivity index (χ3n) is 3.31. The van der Waals surface area contributed by atoms with Crippen molar-refractivity contribution < 1.29 is 9.13 Å². The molecule has 1 aromatic carbocycles. The van der Waals surface area contributed by atoms with Crippen LogP contribution in [0.25, 0.3) is 0 Å². The average molecular weight is 288 g/mol. The molecule has 1 saturated heterocycles. The second-order valence-corrected chi connectivity index (χ2v) is 5.88. The van der Waals surface area contributed by atoms with E-state index in [9.17, 15) is 4.39 Å². The molecule has 4 nitrogen and oxygen atoms in total. The van der Waals surface area contributed by atoms with E-state index in [1.54, 1.807) is 0 Å². The first-order valence-electron chi connectivity index (χ1n) is 6.23. The van der Waals surface area contributed by atoms with Crippen LogP contribution in [-0.4, -0.2) is 18.2 Å². The molecule has 1 aromatic rings. The lowest BCUT2D eigenvalue weighted by Crippen LogP contribution is -2.40. The Morgan fingerprint density at radius 2 is 2.11 bits per heavy atom. The fraction of sp³-hybridized carbons (Fsp3) is 0.538. The molecular formula is C13H19ClFN3O. The summed E-state index contributed by atoms with van der Waals surface area (Å²) in [5.74, 6) is -0.594. The average Bonchev–Trinajstić information content (AvgIpc) is 2.31. The summed E-state index contributed by atoms with van der Waals surface area (Å²) in [4.78, 5) is 0. The molecule has 0 aliphatic carbocycles. The van der Waals surface area contributed by atoms with Gasteiger partial charge in [-0.15, -0.1) is 0 Å². The van der Waals surface area contributed by atoms with Gasteiger partial charge in [-0.05, 0) is 32.8 Å². The first kappa shape index (κ1) is 14.2. The van der Waals surface area contributed by atoms with E-state index >= 15 is 0 Å². The summed E-state index contributed by atoms with van der Waals surface area (Å²) in [6.45, 7) is 4.65. The molecule has 6 heteroatoms. The van der Waals surface area contributed by atoms with E-state index in [4.69, 9.17) is 27.8 Å². The Balaban J connectivity index is 2.22. The van der Waals surface area contributed by atoms with Crippen LogP contribution in [0.1, 0.15) is 26.7 Å². The maximum atomic E-state index is 14.1. The Bertz CT molecular complexity index is 493. The molecule has 5 N–H and O–H groups in total. The van der Waals surface area contributed by atoms with Gasteiger partial charge in [0.25, 0.3) is 0 Å². The molecule has 0 amide bonds. The van der Waals surface area contributed by atoms with Crippen LogP contribution in [0.3, 0.4) is 0 Å². The van der Waals surface area contributed by atoms with E-state index in [1.807, 2.05) is 13.8 Å². The van der Waals surface area contributed by atoms with Crippen LogP contribution in [0.15, 0.2) is 6.07 Å². The SMILES string of the molecule is CC1(C)CC(Nc2c(N)cc(N)c(Cl)c2F)CCO1. The zero-order valence-electron chi connectivity index (χ0n) is 11.1. The number of anilines is 3. The predicted molar refractivity (Wildman–Crippen MR) is 76.9 cm³/mol. The minimum atomic E-state index is -0.594. The standard InChI is InChI=1S/C13H19ClFN3O/c1-13(2)6-7(3-4-19-13)18-12-9(17)5-8(16)10(14)11(12)15/h5,7,18H,3-4,6,16-17H2,1-2H3. The van der Waals surface area contributed by atoms with E-state index in [1.165, 1.54) is 6.07 Å². The van der Waals surface area contributed by atoms with E-state index < -0.39 is 5.82 Å². The highest BCUT2D eigenvalue weighted by atomic mass is 35.5. The van der Waals surface area contributed by atoms with Crippen LogP contribution in [0.4, 0.5) is 21.5 Å². The lowest BCUT2D eigenvalue weighted by molar-refractivity contribution is -0.0553. The second-order valence-electron chi connectivity index (χ2n) is 5.50. The van der Waals surface area contributed by atoms with Crippen molar-refractivity contribution in [3.05, 3.63) is 16.9 Å². The van der Waals surface area contributed by atoms with Crippen LogP contribution in [0, 0.1) is 5.82 Å². The van der Waals surface area contributed by atoms with Gasteiger partial charge in [-0.25, -0.2) is 4.39 Å². The molecule has 0 bridgehead atoms. The van der Waals surface area contributed by atoms with Gasteiger partial charge in [0.2, 0.25) is 0 Å². The van der Waals surface area contributed by atoms with Gasteiger partial charge in [-0.2, -0.15) is 0 Å². The topological polar surface area (TPSA) is 73.3 Å². The summed E-state index contributed by atoms with van der Waals surface area (Å²) >= 11 is 5.81. The Hall–Kier alpha value is -1.20. The van der Waals surface area contributed by atoms with Gasteiger partial charge in [-0.3, -0.25) is 0 Å². The second kappa shape index (κ2) is 5.06. The van der Waals surface area contributed by atoms with Gasteiger partial charge in [-0.1, -0.05) is 11.6 Å². The van der Waals surface area contributed by atoms with Gasteiger partial charge >= 0.3 is 0 Å². The maximum Gasteiger partial charge on any atom is 0.169 e. The number of rotatable bonds is 2. The molecule has 19 heavy (non-hydrogen) atoms. The number of hydrogen-bond acceptors (Lipinski definition) is 4. The molecule has 1 heterocycles. The number of nitrogens with two attached hydrogens (primary N) is 2. The molecule has 0 radical (unpaired) electrons. The Morgan fingerprint density at radius 1 is 1.42 bits per heavy atom. The number of ether oxygens (including phenoxy) is 1. The van der Waals surface area contributed by atoms with Crippen LogP contribution < -0.4 is 16.8 Å². The highest BCUT2D eigenvalue weighted by molar-refractivity contribution is 6.33. The third kappa shape index (κ3) is 3.04. The van der Waals surface area contributed by atoms with Crippen molar-refractivity contribution in [1.82, 2.24) is 0 Å². The van der Waals surface area contributed by atoms with Crippen LogP contribution in [-0.2, 0) is 4.74 Å². The van der Waals surface area contributed by atoms with Crippen molar-refractivity contribution in [2.24, 2.45) is 0 Å². The lowest BCUT2D eigenvalue weighted by Gasteiger charge is -2.36. The minimum absolute atomic E-state index is 0.0944. The Morgan fingerprint density at radius 3 is 2.74 bits per heavy atom. The zero-order valence-corrected chi connectivity index (χ0v) is 11.9. The van der Waals surface area contributed by atoms with Crippen LogP contribution in [0.5, 0.6) is 0 Å². The lowest BCUT2D eigenvalue weighted by atomic mass is 9.93. The number of hydrogen-bond donors (Lipinski definition) is 3. The molecule has 0 aromatic heterocycles. The summed E-state index contributed by atoms with van der Waals surface area (Å²) in [6, 6.07) is 1.57. The molecule has 1 aliphatic rings. The molecule has 1 atom stereocenters. The fourth-order valence-electron chi connectivity index (χ4n) is 2.37. The van der Waals surface area contributed by atoms with Crippen LogP contribution >= 0.6 is 11.6 Å². The zero-order chi connectivity index (χ0) is 14.2. The summed E-state index contributed by atoms with van der Waals surface area (Å²) in [5, 5.41) is 3.03. The monoisotopic (exact) mass is 287 g/mol. The van der Waals surface area contributed by atoms with E-state index in [-0.39, 0.29) is 33.7 Å². The fourth-order valence-corrected chi connectivity index (χ4v) is 2.52. The molecule has 0 spiro atoms. The normalized spacial score (nSPS) is 22.2. The summed E-state index contributed by atoms with van der Waals surface area (Å²) < 4.78 is 19.7. The summed E-state index contributed by atoms with van der Waals surface area (Å²) in [5.41, 5.74) is 11.8. The predicted octanol–water partition coefficient (Wildman–Crippen LogP) is 3.01. The smallest absolute Gasteiger partial charge is 0.169 e. The van der Waals surface area contributed by atoms with Crippen molar-refractivity contribution in [3.63, 3.8) is 0 Å². The summed E-state index contributed by atoms with van der Waals surface area (Å²) in [6.07, 6.45) is 1.57. The highest BCUT2D eigenvalue weighted by Gasteiger charge is 2.29. The van der Waals surface area contributed by atoms with Crippen molar-refractivity contribution in [1.29, 1.82) is 0 Å². The maximum absolute atomic E-state index is 14.1. The number of benzene rings is 1. The molecule has 2 rings (SSSR count). The van der Waals surface area contributed by atoms with E-state index in [0.29, 0.717) is 6.61 Å². The first-order chi connectivity index (χ1) is 8.80. The molecule has 1 aliphatic heterocycles. The molecule has 1 unspecified atom stereocenters. The molecular weight excluding hydrogens is 269 g/mol. The number of nitrogens with one attached hydrogen (secondary N) is 1. The molecule has 106 valence electrons. The Kier molecular flexibility index (Phi) is 3.78. The first-order valence-corrected chi connectivity index (χ1v) is 6.61. The number of halogens is 2.